The maximum atomic E-state index is 5.58. The summed E-state index contributed by atoms with van der Waals surface area (Å²) < 4.78 is 5.58. The van der Waals surface area contributed by atoms with Crippen LogP contribution >= 0.6 is 0 Å². The van der Waals surface area contributed by atoms with E-state index >= 15 is 0 Å². The highest BCUT2D eigenvalue weighted by molar-refractivity contribution is 4.80. The quantitative estimate of drug-likeness (QED) is 0.642. The summed E-state index contributed by atoms with van der Waals surface area (Å²) in [5.74, 6) is 0. The topological polar surface area (TPSA) is 24.5 Å². The van der Waals surface area contributed by atoms with Crippen molar-refractivity contribution < 1.29 is 4.74 Å². The van der Waals surface area contributed by atoms with Crippen molar-refractivity contribution in [1.29, 1.82) is 0 Å². The van der Waals surface area contributed by atoms with Crippen LogP contribution in [0.2, 0.25) is 0 Å². The predicted molar refractivity (Wildman–Crippen MR) is 68.8 cm³/mol. The Balaban J connectivity index is 1.99. The van der Waals surface area contributed by atoms with Gasteiger partial charge < -0.3 is 10.1 Å². The zero-order chi connectivity index (χ0) is 11.8. The number of ether oxygens (including phenoxy) is 1. The summed E-state index contributed by atoms with van der Waals surface area (Å²) in [6.07, 6.45) is 5.55. The van der Waals surface area contributed by atoms with E-state index in [-0.39, 0.29) is 0 Å². The number of nitrogens with one attached hydrogen (secondary N) is 1. The van der Waals surface area contributed by atoms with Crippen molar-refractivity contribution in [1.82, 2.24) is 10.2 Å². The summed E-state index contributed by atoms with van der Waals surface area (Å²) in [5, 5.41) is 3.51. The molecule has 0 spiro atoms. The van der Waals surface area contributed by atoms with Crippen molar-refractivity contribution in [3.05, 3.63) is 0 Å². The van der Waals surface area contributed by atoms with Crippen molar-refractivity contribution in [2.45, 2.75) is 51.7 Å². The van der Waals surface area contributed by atoms with Gasteiger partial charge in [0.15, 0.2) is 0 Å². The molecular weight excluding hydrogens is 200 g/mol. The molecule has 0 radical (unpaired) electrons. The Labute approximate surface area is 101 Å². The number of unbranched alkanes of at least 4 members (excludes halogenated alkanes) is 2. The van der Waals surface area contributed by atoms with E-state index < -0.39 is 0 Å². The van der Waals surface area contributed by atoms with Crippen molar-refractivity contribution in [3.8, 4) is 0 Å². The van der Waals surface area contributed by atoms with E-state index in [1.165, 1.54) is 32.2 Å². The van der Waals surface area contributed by atoms with Crippen LogP contribution in [0.1, 0.15) is 39.5 Å². The molecule has 1 aliphatic rings. The van der Waals surface area contributed by atoms with Gasteiger partial charge >= 0.3 is 0 Å². The average molecular weight is 228 g/mol. The molecule has 1 aliphatic heterocycles. The fourth-order valence-electron chi connectivity index (χ4n) is 2.35. The largest absolute Gasteiger partial charge is 0.377 e. The van der Waals surface area contributed by atoms with Crippen LogP contribution < -0.4 is 5.32 Å². The molecule has 0 bridgehead atoms. The van der Waals surface area contributed by atoms with Crippen LogP contribution in [0.15, 0.2) is 0 Å². The van der Waals surface area contributed by atoms with Gasteiger partial charge in [-0.25, -0.2) is 0 Å². The third kappa shape index (κ3) is 4.81. The van der Waals surface area contributed by atoms with Crippen molar-refractivity contribution in [2.24, 2.45) is 0 Å². The second kappa shape index (κ2) is 8.04. The van der Waals surface area contributed by atoms with Gasteiger partial charge in [0.1, 0.15) is 0 Å². The molecule has 3 nitrogen and oxygen atoms in total. The molecule has 0 aromatic rings. The number of hydrogen-bond donors (Lipinski definition) is 1. The monoisotopic (exact) mass is 228 g/mol. The standard InChI is InChI=1S/C13H28N2O/c1-4-5-6-8-14-9-10-15(3)13-7-11-16-12(13)2/h12-14H,4-11H2,1-3H3. The Morgan fingerprint density at radius 1 is 1.31 bits per heavy atom. The van der Waals surface area contributed by atoms with Crippen LogP contribution in [-0.4, -0.2) is 50.3 Å². The van der Waals surface area contributed by atoms with Gasteiger partial charge in [-0.05, 0) is 33.4 Å². The Morgan fingerprint density at radius 3 is 2.75 bits per heavy atom. The van der Waals surface area contributed by atoms with E-state index in [0.29, 0.717) is 12.1 Å². The SMILES string of the molecule is CCCCCNCCN(C)C1CCOC1C. The molecule has 2 atom stereocenters. The molecule has 0 saturated carbocycles. The molecule has 1 heterocycles. The van der Waals surface area contributed by atoms with Gasteiger partial charge in [0.2, 0.25) is 0 Å². The van der Waals surface area contributed by atoms with Gasteiger partial charge in [0.25, 0.3) is 0 Å². The summed E-state index contributed by atoms with van der Waals surface area (Å²) in [6, 6.07) is 0.623. The average Bonchev–Trinajstić information content (AvgIpc) is 2.69. The number of rotatable bonds is 8. The van der Waals surface area contributed by atoms with Gasteiger partial charge in [-0.1, -0.05) is 19.8 Å². The van der Waals surface area contributed by atoms with E-state index in [0.717, 1.165) is 19.7 Å². The highest BCUT2D eigenvalue weighted by atomic mass is 16.5. The third-order valence-corrected chi connectivity index (χ3v) is 3.50. The maximum Gasteiger partial charge on any atom is 0.0702 e. The fourth-order valence-corrected chi connectivity index (χ4v) is 2.35. The Bertz CT molecular complexity index is 175. The summed E-state index contributed by atoms with van der Waals surface area (Å²) in [5.41, 5.74) is 0. The van der Waals surface area contributed by atoms with Crippen LogP contribution in [0.25, 0.3) is 0 Å². The predicted octanol–water partition coefficient (Wildman–Crippen LogP) is 1.88. The normalized spacial score (nSPS) is 25.5. The van der Waals surface area contributed by atoms with Crippen molar-refractivity contribution >= 4 is 0 Å². The molecule has 1 fully saturated rings. The maximum absolute atomic E-state index is 5.58. The van der Waals surface area contributed by atoms with Gasteiger partial charge in [-0.3, -0.25) is 4.90 Å². The lowest BCUT2D eigenvalue weighted by atomic mass is 10.1. The van der Waals surface area contributed by atoms with E-state index in [1.807, 2.05) is 0 Å². The highest BCUT2D eigenvalue weighted by Crippen LogP contribution is 2.17. The minimum absolute atomic E-state index is 0.407. The molecule has 16 heavy (non-hydrogen) atoms. The molecular formula is C13H28N2O. The molecule has 0 aromatic carbocycles. The minimum atomic E-state index is 0.407. The first-order chi connectivity index (χ1) is 7.75. The molecule has 1 rings (SSSR count). The third-order valence-electron chi connectivity index (χ3n) is 3.50. The second-order valence-electron chi connectivity index (χ2n) is 4.87. The fraction of sp³-hybridized carbons (Fsp3) is 1.00. The lowest BCUT2D eigenvalue weighted by Crippen LogP contribution is -2.40. The Kier molecular flexibility index (Phi) is 7.01. The molecule has 1 saturated heterocycles. The van der Waals surface area contributed by atoms with Crippen molar-refractivity contribution in [3.63, 3.8) is 0 Å². The summed E-state index contributed by atoms with van der Waals surface area (Å²) >= 11 is 0. The minimum Gasteiger partial charge on any atom is -0.377 e. The molecule has 2 unspecified atom stereocenters. The van der Waals surface area contributed by atoms with Gasteiger partial charge in [-0.15, -0.1) is 0 Å². The van der Waals surface area contributed by atoms with Crippen molar-refractivity contribution in [2.75, 3.05) is 33.3 Å². The Hall–Kier alpha value is -0.120. The van der Waals surface area contributed by atoms with Crippen LogP contribution in [0, 0.1) is 0 Å². The van der Waals surface area contributed by atoms with E-state index in [2.05, 4.69) is 31.1 Å². The van der Waals surface area contributed by atoms with Crippen LogP contribution in [0.5, 0.6) is 0 Å². The van der Waals surface area contributed by atoms with Gasteiger partial charge in [0.05, 0.1) is 6.10 Å². The molecule has 0 aromatic heterocycles. The van der Waals surface area contributed by atoms with E-state index in [4.69, 9.17) is 4.74 Å². The van der Waals surface area contributed by atoms with E-state index in [1.54, 1.807) is 0 Å². The second-order valence-corrected chi connectivity index (χ2v) is 4.87. The highest BCUT2D eigenvalue weighted by Gasteiger charge is 2.27. The molecule has 3 heteroatoms. The van der Waals surface area contributed by atoms with E-state index in [9.17, 15) is 0 Å². The van der Waals surface area contributed by atoms with Crippen LogP contribution in [-0.2, 0) is 4.74 Å². The number of likely N-dealkylation sites (N-methyl/N-ethyl adjacent to an activating group) is 1. The first-order valence-corrected chi connectivity index (χ1v) is 6.78. The molecule has 1 N–H and O–H groups in total. The smallest absolute Gasteiger partial charge is 0.0702 e. The lowest BCUT2D eigenvalue weighted by Gasteiger charge is -2.26. The first kappa shape index (κ1) is 13.9. The number of hydrogen-bond acceptors (Lipinski definition) is 3. The summed E-state index contributed by atoms with van der Waals surface area (Å²) in [4.78, 5) is 2.44. The summed E-state index contributed by atoms with van der Waals surface area (Å²) in [6.45, 7) is 8.75. The molecule has 96 valence electrons. The zero-order valence-electron chi connectivity index (χ0n) is 11.2. The molecule has 0 amide bonds. The lowest BCUT2D eigenvalue weighted by molar-refractivity contribution is 0.0840. The van der Waals surface area contributed by atoms with Gasteiger partial charge in [-0.2, -0.15) is 0 Å². The van der Waals surface area contributed by atoms with Crippen LogP contribution in [0.3, 0.4) is 0 Å². The molecule has 0 aliphatic carbocycles. The van der Waals surface area contributed by atoms with Gasteiger partial charge in [0, 0.05) is 25.7 Å². The zero-order valence-corrected chi connectivity index (χ0v) is 11.2. The first-order valence-electron chi connectivity index (χ1n) is 6.78. The van der Waals surface area contributed by atoms with Crippen LogP contribution in [0.4, 0.5) is 0 Å². The number of nitrogens with zero attached hydrogens (tertiary/aromatic N) is 1. The summed E-state index contributed by atoms with van der Waals surface area (Å²) in [7, 11) is 2.21. The Morgan fingerprint density at radius 2 is 2.12 bits per heavy atom.